The van der Waals surface area contributed by atoms with E-state index in [0.29, 0.717) is 6.04 Å². The lowest BCUT2D eigenvalue weighted by atomic mass is 10.00. The lowest BCUT2D eigenvalue weighted by molar-refractivity contribution is 0.492. The average Bonchev–Trinajstić information content (AvgIpc) is 2.29. The van der Waals surface area contributed by atoms with Crippen molar-refractivity contribution < 1.29 is 0 Å². The number of aryl methyl sites for hydroxylation is 3. The largest absolute Gasteiger partial charge is 0.317 e. The minimum absolute atomic E-state index is 0.687. The Labute approximate surface area is 100 Å². The SMILES string of the molecule is CCC(CCCc1ccc(C)c(C)c1)NC. The van der Waals surface area contributed by atoms with Gasteiger partial charge < -0.3 is 5.32 Å². The smallest absolute Gasteiger partial charge is 0.00615 e. The minimum Gasteiger partial charge on any atom is -0.317 e. The molecular formula is C15H25N. The molecule has 0 aromatic heterocycles. The normalized spacial score (nSPS) is 12.8. The predicted molar refractivity (Wildman–Crippen MR) is 72.0 cm³/mol. The highest BCUT2D eigenvalue weighted by molar-refractivity contribution is 5.29. The van der Waals surface area contributed by atoms with E-state index in [1.54, 1.807) is 0 Å². The summed E-state index contributed by atoms with van der Waals surface area (Å²) in [5, 5.41) is 3.36. The van der Waals surface area contributed by atoms with Crippen molar-refractivity contribution in [1.82, 2.24) is 5.32 Å². The fraction of sp³-hybridized carbons (Fsp3) is 0.600. The summed E-state index contributed by atoms with van der Waals surface area (Å²) < 4.78 is 0. The van der Waals surface area contributed by atoms with Gasteiger partial charge in [-0.25, -0.2) is 0 Å². The van der Waals surface area contributed by atoms with Gasteiger partial charge in [-0.05, 0) is 63.3 Å². The van der Waals surface area contributed by atoms with Gasteiger partial charge in [0, 0.05) is 6.04 Å². The van der Waals surface area contributed by atoms with E-state index in [4.69, 9.17) is 0 Å². The Kier molecular flexibility index (Phi) is 5.54. The monoisotopic (exact) mass is 219 g/mol. The molecule has 0 saturated carbocycles. The molecule has 16 heavy (non-hydrogen) atoms. The van der Waals surface area contributed by atoms with Gasteiger partial charge in [-0.1, -0.05) is 25.1 Å². The summed E-state index contributed by atoms with van der Waals surface area (Å²) in [4.78, 5) is 0. The Morgan fingerprint density at radius 1 is 1.19 bits per heavy atom. The molecule has 1 heteroatoms. The Morgan fingerprint density at radius 3 is 2.50 bits per heavy atom. The maximum absolute atomic E-state index is 3.36. The molecule has 0 heterocycles. The topological polar surface area (TPSA) is 12.0 Å². The molecule has 0 fully saturated rings. The number of nitrogens with one attached hydrogen (secondary N) is 1. The molecule has 1 nitrogen and oxygen atoms in total. The highest BCUT2D eigenvalue weighted by atomic mass is 14.9. The summed E-state index contributed by atoms with van der Waals surface area (Å²) in [6.07, 6.45) is 4.99. The summed E-state index contributed by atoms with van der Waals surface area (Å²) in [6, 6.07) is 7.52. The molecule has 1 atom stereocenters. The molecule has 90 valence electrons. The molecule has 0 aliphatic carbocycles. The number of hydrogen-bond acceptors (Lipinski definition) is 1. The predicted octanol–water partition coefficient (Wildman–Crippen LogP) is 3.62. The van der Waals surface area contributed by atoms with E-state index in [1.807, 2.05) is 0 Å². The number of rotatable bonds is 6. The molecule has 1 aromatic carbocycles. The second-order valence-electron chi connectivity index (χ2n) is 4.70. The van der Waals surface area contributed by atoms with E-state index in [-0.39, 0.29) is 0 Å². The van der Waals surface area contributed by atoms with Crippen molar-refractivity contribution in [3.05, 3.63) is 34.9 Å². The van der Waals surface area contributed by atoms with Crippen molar-refractivity contribution in [1.29, 1.82) is 0 Å². The Hall–Kier alpha value is -0.820. The van der Waals surface area contributed by atoms with E-state index >= 15 is 0 Å². The highest BCUT2D eigenvalue weighted by Gasteiger charge is 2.03. The van der Waals surface area contributed by atoms with Crippen LogP contribution in [0.25, 0.3) is 0 Å². The van der Waals surface area contributed by atoms with Crippen molar-refractivity contribution in [2.24, 2.45) is 0 Å². The fourth-order valence-electron chi connectivity index (χ4n) is 2.06. The highest BCUT2D eigenvalue weighted by Crippen LogP contribution is 2.13. The molecular weight excluding hydrogens is 194 g/mol. The first kappa shape index (κ1) is 13.2. The van der Waals surface area contributed by atoms with Crippen molar-refractivity contribution >= 4 is 0 Å². The van der Waals surface area contributed by atoms with Crippen LogP contribution in [0.1, 0.15) is 42.9 Å². The second-order valence-corrected chi connectivity index (χ2v) is 4.70. The maximum Gasteiger partial charge on any atom is 0.00615 e. The van der Waals surface area contributed by atoms with Gasteiger partial charge in [-0.3, -0.25) is 0 Å². The van der Waals surface area contributed by atoms with Gasteiger partial charge >= 0.3 is 0 Å². The van der Waals surface area contributed by atoms with E-state index in [9.17, 15) is 0 Å². The molecule has 1 unspecified atom stereocenters. The number of hydrogen-bond donors (Lipinski definition) is 1. The molecule has 0 aliphatic heterocycles. The Morgan fingerprint density at radius 2 is 1.94 bits per heavy atom. The van der Waals surface area contributed by atoms with Crippen molar-refractivity contribution in [3.8, 4) is 0 Å². The van der Waals surface area contributed by atoms with Crippen molar-refractivity contribution in [2.45, 2.75) is 52.5 Å². The lowest BCUT2D eigenvalue weighted by Gasteiger charge is -2.13. The zero-order chi connectivity index (χ0) is 12.0. The molecule has 1 N–H and O–H groups in total. The van der Waals surface area contributed by atoms with Crippen LogP contribution in [-0.2, 0) is 6.42 Å². The first-order valence-electron chi connectivity index (χ1n) is 6.40. The summed E-state index contributed by atoms with van der Waals surface area (Å²) in [6.45, 7) is 6.62. The summed E-state index contributed by atoms with van der Waals surface area (Å²) in [7, 11) is 2.06. The van der Waals surface area contributed by atoms with Crippen LogP contribution in [0.2, 0.25) is 0 Å². The van der Waals surface area contributed by atoms with E-state index in [0.717, 1.165) is 0 Å². The van der Waals surface area contributed by atoms with Crippen LogP contribution >= 0.6 is 0 Å². The van der Waals surface area contributed by atoms with Gasteiger partial charge in [0.25, 0.3) is 0 Å². The summed E-state index contributed by atoms with van der Waals surface area (Å²) >= 11 is 0. The molecule has 0 spiro atoms. The summed E-state index contributed by atoms with van der Waals surface area (Å²) in [5.41, 5.74) is 4.29. The van der Waals surface area contributed by atoms with Crippen LogP contribution in [0, 0.1) is 13.8 Å². The van der Waals surface area contributed by atoms with Crippen LogP contribution < -0.4 is 5.32 Å². The van der Waals surface area contributed by atoms with Crippen molar-refractivity contribution in [3.63, 3.8) is 0 Å². The Bertz CT molecular complexity index is 313. The zero-order valence-electron chi connectivity index (χ0n) is 11.1. The van der Waals surface area contributed by atoms with E-state index in [2.05, 4.69) is 51.3 Å². The second kappa shape index (κ2) is 6.70. The van der Waals surface area contributed by atoms with Crippen LogP contribution in [-0.4, -0.2) is 13.1 Å². The molecule has 0 bridgehead atoms. The van der Waals surface area contributed by atoms with Gasteiger partial charge in [0.2, 0.25) is 0 Å². The van der Waals surface area contributed by atoms with Gasteiger partial charge in [0.05, 0.1) is 0 Å². The summed E-state index contributed by atoms with van der Waals surface area (Å²) in [5.74, 6) is 0. The first-order chi connectivity index (χ1) is 7.67. The average molecular weight is 219 g/mol. The lowest BCUT2D eigenvalue weighted by Crippen LogP contribution is -2.23. The van der Waals surface area contributed by atoms with E-state index < -0.39 is 0 Å². The van der Waals surface area contributed by atoms with Gasteiger partial charge in [0.1, 0.15) is 0 Å². The fourth-order valence-corrected chi connectivity index (χ4v) is 2.06. The van der Waals surface area contributed by atoms with Crippen LogP contribution in [0.3, 0.4) is 0 Å². The van der Waals surface area contributed by atoms with Gasteiger partial charge in [0.15, 0.2) is 0 Å². The standard InChI is InChI=1S/C15H25N/c1-5-15(16-4)8-6-7-14-10-9-12(2)13(3)11-14/h9-11,15-16H,5-8H2,1-4H3. The Balaban J connectivity index is 2.40. The quantitative estimate of drug-likeness (QED) is 0.770. The van der Waals surface area contributed by atoms with Crippen LogP contribution in [0.15, 0.2) is 18.2 Å². The molecule has 1 rings (SSSR count). The molecule has 1 aromatic rings. The molecule has 0 amide bonds. The first-order valence-corrected chi connectivity index (χ1v) is 6.40. The van der Waals surface area contributed by atoms with Gasteiger partial charge in [-0.15, -0.1) is 0 Å². The molecule has 0 aliphatic rings. The van der Waals surface area contributed by atoms with Gasteiger partial charge in [-0.2, -0.15) is 0 Å². The van der Waals surface area contributed by atoms with Crippen LogP contribution in [0.5, 0.6) is 0 Å². The maximum atomic E-state index is 3.36. The van der Waals surface area contributed by atoms with Crippen LogP contribution in [0.4, 0.5) is 0 Å². The third kappa shape index (κ3) is 3.97. The third-order valence-corrected chi connectivity index (χ3v) is 3.49. The molecule has 0 radical (unpaired) electrons. The number of benzene rings is 1. The molecule has 0 saturated heterocycles. The third-order valence-electron chi connectivity index (χ3n) is 3.49. The minimum atomic E-state index is 0.687. The zero-order valence-corrected chi connectivity index (χ0v) is 11.1. The van der Waals surface area contributed by atoms with Crippen molar-refractivity contribution in [2.75, 3.05) is 7.05 Å². The van der Waals surface area contributed by atoms with E-state index in [1.165, 1.54) is 42.4 Å².